The molecule has 2 nitrogen and oxygen atoms in total. The summed E-state index contributed by atoms with van der Waals surface area (Å²) < 4.78 is 5.39. The second-order valence-electron chi connectivity index (χ2n) is 3.03. The maximum absolute atomic E-state index is 5.39. The topological polar surface area (TPSA) is 26.0 Å². The molecule has 1 aromatic heterocycles. The molecule has 11 heavy (non-hydrogen) atoms. The van der Waals surface area contributed by atoms with Gasteiger partial charge in [-0.3, -0.25) is 0 Å². The first-order valence-electron chi connectivity index (χ1n) is 3.89. The Morgan fingerprint density at radius 2 is 2.18 bits per heavy atom. The highest BCUT2D eigenvalue weighted by Crippen LogP contribution is 2.23. The predicted molar refractivity (Wildman–Crippen MR) is 43.2 cm³/mol. The quantitative estimate of drug-likeness (QED) is 0.565. The first kappa shape index (κ1) is 6.65. The lowest BCUT2D eigenvalue weighted by Gasteiger charge is -2.05. The van der Waals surface area contributed by atoms with Crippen LogP contribution in [0.15, 0.2) is 9.99 Å². The van der Waals surface area contributed by atoms with Crippen LogP contribution in [0.3, 0.4) is 0 Å². The lowest BCUT2D eigenvalue weighted by molar-refractivity contribution is 0.510. The molecule has 1 heterocycles. The molecule has 0 aromatic carbocycles. The van der Waals surface area contributed by atoms with Crippen LogP contribution in [0, 0.1) is 6.92 Å². The smallest absolute Gasteiger partial charge is 0.192 e. The van der Waals surface area contributed by atoms with Crippen molar-refractivity contribution in [2.45, 2.75) is 26.7 Å². The summed E-state index contributed by atoms with van der Waals surface area (Å²) in [6.07, 6.45) is 4.24. The zero-order chi connectivity index (χ0) is 7.84. The number of allylic oxidation sites excluding steroid dienone is 1. The third-order valence-electron chi connectivity index (χ3n) is 1.97. The maximum Gasteiger partial charge on any atom is 0.192 e. The minimum atomic E-state index is 0.779. The third-order valence-corrected chi connectivity index (χ3v) is 1.97. The average molecular weight is 149 g/mol. The molecular formula is C9H11NO. The highest BCUT2D eigenvalue weighted by atomic mass is 16.4. The minimum Gasteiger partial charge on any atom is -0.441 e. The normalized spacial score (nSPS) is 16.0. The van der Waals surface area contributed by atoms with Crippen molar-refractivity contribution < 1.29 is 4.42 Å². The fourth-order valence-electron chi connectivity index (χ4n) is 1.39. The molecule has 2 rings (SSSR count). The molecule has 0 saturated carbocycles. The monoisotopic (exact) mass is 149 g/mol. The summed E-state index contributed by atoms with van der Waals surface area (Å²) in [6, 6.07) is 0. The highest BCUT2D eigenvalue weighted by molar-refractivity contribution is 5.52. The van der Waals surface area contributed by atoms with Crippen molar-refractivity contribution in [3.8, 4) is 0 Å². The number of hydrogen-bond acceptors (Lipinski definition) is 2. The van der Waals surface area contributed by atoms with Crippen LogP contribution in [0.4, 0.5) is 0 Å². The lowest BCUT2D eigenvalue weighted by Crippen LogP contribution is -1.94. The first-order chi connectivity index (χ1) is 5.25. The van der Waals surface area contributed by atoms with Crippen molar-refractivity contribution in [1.29, 1.82) is 0 Å². The first-order valence-corrected chi connectivity index (χ1v) is 3.89. The number of oxazole rings is 1. The summed E-state index contributed by atoms with van der Waals surface area (Å²) in [5.41, 5.74) is 2.50. The number of aromatic nitrogens is 1. The summed E-state index contributed by atoms with van der Waals surface area (Å²) in [7, 11) is 0. The Morgan fingerprint density at radius 3 is 3.00 bits per heavy atom. The van der Waals surface area contributed by atoms with E-state index < -0.39 is 0 Å². The second kappa shape index (κ2) is 2.22. The van der Waals surface area contributed by atoms with Crippen molar-refractivity contribution >= 4 is 6.08 Å². The van der Waals surface area contributed by atoms with E-state index >= 15 is 0 Å². The number of rotatable bonds is 0. The highest BCUT2D eigenvalue weighted by Gasteiger charge is 2.13. The summed E-state index contributed by atoms with van der Waals surface area (Å²) in [5, 5.41) is 0. The molecule has 1 aromatic rings. The van der Waals surface area contributed by atoms with Crippen molar-refractivity contribution in [2.24, 2.45) is 0 Å². The van der Waals surface area contributed by atoms with Gasteiger partial charge in [-0.15, -0.1) is 0 Å². The zero-order valence-electron chi connectivity index (χ0n) is 6.85. The van der Waals surface area contributed by atoms with Gasteiger partial charge in [-0.1, -0.05) is 5.57 Å². The van der Waals surface area contributed by atoms with E-state index in [9.17, 15) is 0 Å². The van der Waals surface area contributed by atoms with Gasteiger partial charge in [0.05, 0.1) is 5.69 Å². The Morgan fingerprint density at radius 1 is 1.36 bits per heavy atom. The van der Waals surface area contributed by atoms with Gasteiger partial charge in [-0.2, -0.15) is 0 Å². The van der Waals surface area contributed by atoms with Crippen LogP contribution < -0.4 is 0 Å². The fourth-order valence-corrected chi connectivity index (χ4v) is 1.39. The third kappa shape index (κ3) is 1.09. The van der Waals surface area contributed by atoms with Gasteiger partial charge in [0.15, 0.2) is 11.7 Å². The maximum atomic E-state index is 5.39. The van der Waals surface area contributed by atoms with E-state index in [1.807, 2.05) is 6.92 Å². The van der Waals surface area contributed by atoms with Crippen LogP contribution in [0.2, 0.25) is 0 Å². The minimum absolute atomic E-state index is 0.779. The van der Waals surface area contributed by atoms with Gasteiger partial charge in [0.2, 0.25) is 0 Å². The largest absolute Gasteiger partial charge is 0.441 e. The van der Waals surface area contributed by atoms with E-state index in [1.165, 1.54) is 5.57 Å². The molecule has 0 bridgehead atoms. The molecule has 0 aliphatic heterocycles. The van der Waals surface area contributed by atoms with E-state index in [0.29, 0.717) is 0 Å². The molecule has 0 N–H and O–H groups in total. The van der Waals surface area contributed by atoms with E-state index in [2.05, 4.69) is 18.0 Å². The molecule has 0 saturated heterocycles. The van der Waals surface area contributed by atoms with E-state index in [-0.39, 0.29) is 0 Å². The van der Waals surface area contributed by atoms with Crippen LogP contribution in [0.1, 0.15) is 30.7 Å². The Labute approximate surface area is 65.9 Å². The second-order valence-corrected chi connectivity index (χ2v) is 3.03. The number of nitrogens with zero attached hydrogens (tertiary/aromatic N) is 1. The molecule has 0 radical (unpaired) electrons. The number of aryl methyl sites for hydroxylation is 2. The Kier molecular flexibility index (Phi) is 1.34. The van der Waals surface area contributed by atoms with Gasteiger partial charge in [0.1, 0.15) is 0 Å². The number of fused-ring (bicyclic) bond motifs is 1. The van der Waals surface area contributed by atoms with Crippen LogP contribution >= 0.6 is 0 Å². The molecule has 1 aliphatic rings. The molecule has 0 fully saturated rings. The Bertz CT molecular complexity index is 309. The molecule has 0 amide bonds. The van der Waals surface area contributed by atoms with Crippen molar-refractivity contribution in [3.05, 3.63) is 22.9 Å². The van der Waals surface area contributed by atoms with Crippen LogP contribution in [0.5, 0.6) is 0 Å². The molecule has 1 aliphatic carbocycles. The standard InChI is InChI=1S/C9H11NO/c1-6-3-4-8-9(5-6)11-7(2)10-8/h5H,3-4H2,1-2H3. The molecule has 0 unspecified atom stereocenters. The summed E-state index contributed by atoms with van der Waals surface area (Å²) in [4.78, 5) is 4.27. The zero-order valence-corrected chi connectivity index (χ0v) is 6.85. The van der Waals surface area contributed by atoms with Gasteiger partial charge in [-0.25, -0.2) is 4.98 Å². The van der Waals surface area contributed by atoms with Crippen molar-refractivity contribution in [3.63, 3.8) is 0 Å². The number of hydrogen-bond donors (Lipinski definition) is 0. The predicted octanol–water partition coefficient (Wildman–Crippen LogP) is 2.33. The van der Waals surface area contributed by atoms with Gasteiger partial charge in [0.25, 0.3) is 0 Å². The molecule has 58 valence electrons. The van der Waals surface area contributed by atoms with E-state index in [1.54, 1.807) is 0 Å². The van der Waals surface area contributed by atoms with Crippen molar-refractivity contribution in [1.82, 2.24) is 4.98 Å². The summed E-state index contributed by atoms with van der Waals surface area (Å²) >= 11 is 0. The molecular weight excluding hydrogens is 138 g/mol. The van der Waals surface area contributed by atoms with Gasteiger partial charge in [-0.05, 0) is 25.8 Å². The average Bonchev–Trinajstić information content (AvgIpc) is 2.27. The Balaban J connectivity index is 2.50. The van der Waals surface area contributed by atoms with Gasteiger partial charge in [0, 0.05) is 6.92 Å². The summed E-state index contributed by atoms with van der Waals surface area (Å²) in [5.74, 6) is 1.74. The summed E-state index contributed by atoms with van der Waals surface area (Å²) in [6.45, 7) is 4.02. The molecule has 2 heteroatoms. The van der Waals surface area contributed by atoms with Crippen LogP contribution in [-0.4, -0.2) is 4.98 Å². The SMILES string of the molecule is CC1=Cc2oc(C)nc2CC1. The van der Waals surface area contributed by atoms with Crippen molar-refractivity contribution in [2.75, 3.05) is 0 Å². The molecule has 0 atom stereocenters. The van der Waals surface area contributed by atoms with E-state index in [4.69, 9.17) is 4.42 Å². The van der Waals surface area contributed by atoms with Gasteiger partial charge >= 0.3 is 0 Å². The lowest BCUT2D eigenvalue weighted by atomic mass is 10.0. The molecule has 0 spiro atoms. The Hall–Kier alpha value is -1.05. The van der Waals surface area contributed by atoms with Crippen LogP contribution in [0.25, 0.3) is 6.08 Å². The van der Waals surface area contributed by atoms with Gasteiger partial charge < -0.3 is 4.42 Å². The van der Waals surface area contributed by atoms with E-state index in [0.717, 1.165) is 30.2 Å². The fraction of sp³-hybridized carbons (Fsp3) is 0.444. The van der Waals surface area contributed by atoms with Crippen LogP contribution in [-0.2, 0) is 6.42 Å².